The molecule has 124 valence electrons. The van der Waals surface area contributed by atoms with Crippen LogP contribution in [-0.4, -0.2) is 24.0 Å². The molecule has 0 radical (unpaired) electrons. The Morgan fingerprint density at radius 2 is 1.50 bits per heavy atom. The van der Waals surface area contributed by atoms with E-state index >= 15 is 0 Å². The molecule has 2 aromatic rings. The zero-order valence-electron chi connectivity index (χ0n) is 13.8. The van der Waals surface area contributed by atoms with Crippen LogP contribution in [0.3, 0.4) is 0 Å². The molecule has 0 fully saturated rings. The van der Waals surface area contributed by atoms with Gasteiger partial charge in [0.2, 0.25) is 5.91 Å². The summed E-state index contributed by atoms with van der Waals surface area (Å²) in [6.07, 6.45) is 0.290. The van der Waals surface area contributed by atoms with E-state index in [0.29, 0.717) is 29.8 Å². The van der Waals surface area contributed by atoms with E-state index in [4.69, 9.17) is 0 Å². The first-order valence-corrected chi connectivity index (χ1v) is 7.71. The van der Waals surface area contributed by atoms with Crippen LogP contribution in [-0.2, 0) is 4.79 Å². The van der Waals surface area contributed by atoms with E-state index in [2.05, 4.69) is 10.6 Å². The minimum atomic E-state index is -0.136. The fraction of sp³-hybridized carbons (Fsp3) is 0.211. The van der Waals surface area contributed by atoms with Gasteiger partial charge in [-0.15, -0.1) is 0 Å². The molecule has 0 heterocycles. The molecule has 2 rings (SSSR count). The number of nitrogens with one attached hydrogen (secondary N) is 2. The lowest BCUT2D eigenvalue weighted by Gasteiger charge is -2.08. The number of anilines is 2. The molecule has 2 N–H and O–H groups in total. The Labute approximate surface area is 141 Å². The van der Waals surface area contributed by atoms with Crippen LogP contribution in [0.2, 0.25) is 0 Å². The molecule has 0 saturated heterocycles. The number of hydrogen-bond donors (Lipinski definition) is 2. The highest BCUT2D eigenvalue weighted by Crippen LogP contribution is 2.12. The number of Topliss-reactive ketones (excluding diaryl/α,β-unsaturated/α-hetero) is 2. The third-order valence-electron chi connectivity index (χ3n) is 3.53. The number of rotatable bonds is 7. The highest BCUT2D eigenvalue weighted by atomic mass is 16.1. The van der Waals surface area contributed by atoms with Crippen LogP contribution >= 0.6 is 0 Å². The van der Waals surface area contributed by atoms with E-state index in [1.807, 2.05) is 12.1 Å². The Bertz CT molecular complexity index is 751. The fourth-order valence-electron chi connectivity index (χ4n) is 2.18. The Hall–Kier alpha value is -2.95. The average Bonchev–Trinajstić information content (AvgIpc) is 2.55. The van der Waals surface area contributed by atoms with Gasteiger partial charge >= 0.3 is 0 Å². The van der Waals surface area contributed by atoms with Crippen molar-refractivity contribution in [3.8, 4) is 0 Å². The quantitative estimate of drug-likeness (QED) is 0.764. The number of carbonyl (C=O) groups excluding carboxylic acids is 3. The van der Waals surface area contributed by atoms with Gasteiger partial charge < -0.3 is 10.6 Å². The van der Waals surface area contributed by atoms with Gasteiger partial charge in [0.1, 0.15) is 0 Å². The van der Waals surface area contributed by atoms with Gasteiger partial charge in [0, 0.05) is 35.5 Å². The highest BCUT2D eigenvalue weighted by Gasteiger charge is 2.05. The zero-order valence-corrected chi connectivity index (χ0v) is 13.8. The van der Waals surface area contributed by atoms with Crippen LogP contribution < -0.4 is 10.6 Å². The van der Waals surface area contributed by atoms with Crippen LogP contribution in [0.15, 0.2) is 48.5 Å². The second kappa shape index (κ2) is 8.06. The van der Waals surface area contributed by atoms with Crippen LogP contribution in [0.1, 0.15) is 41.0 Å². The summed E-state index contributed by atoms with van der Waals surface area (Å²) in [5.74, 6) is -0.154. The molecule has 5 nitrogen and oxygen atoms in total. The molecule has 24 heavy (non-hydrogen) atoms. The minimum Gasteiger partial charge on any atom is -0.385 e. The first-order chi connectivity index (χ1) is 11.5. The first-order valence-electron chi connectivity index (χ1n) is 7.71. The van der Waals surface area contributed by atoms with Gasteiger partial charge in [-0.1, -0.05) is 12.1 Å². The average molecular weight is 324 g/mol. The van der Waals surface area contributed by atoms with Crippen molar-refractivity contribution < 1.29 is 14.4 Å². The molecule has 0 aliphatic carbocycles. The standard InChI is InChI=1S/C19H20N2O3/c1-13(22)15-6-8-17(9-7-15)20-11-10-19(24)21-18-5-3-4-16(12-18)14(2)23/h3-9,12,20H,10-11H2,1-2H3,(H,21,24). The lowest BCUT2D eigenvalue weighted by molar-refractivity contribution is -0.115. The Kier molecular flexibility index (Phi) is 5.84. The van der Waals surface area contributed by atoms with Crippen molar-refractivity contribution in [3.05, 3.63) is 59.7 Å². The van der Waals surface area contributed by atoms with E-state index in [0.717, 1.165) is 5.69 Å². The molecule has 0 saturated carbocycles. The highest BCUT2D eigenvalue weighted by molar-refractivity contribution is 5.97. The molecule has 0 unspecified atom stereocenters. The van der Waals surface area contributed by atoms with Crippen molar-refractivity contribution in [2.45, 2.75) is 20.3 Å². The molecule has 2 aromatic carbocycles. The summed E-state index contributed by atoms with van der Waals surface area (Å²) in [6.45, 7) is 3.48. The maximum atomic E-state index is 11.9. The molecule has 0 aromatic heterocycles. The smallest absolute Gasteiger partial charge is 0.226 e. The number of ketones is 2. The summed E-state index contributed by atoms with van der Waals surface area (Å²) >= 11 is 0. The van der Waals surface area contributed by atoms with Gasteiger partial charge in [0.25, 0.3) is 0 Å². The van der Waals surface area contributed by atoms with Crippen molar-refractivity contribution in [1.29, 1.82) is 0 Å². The van der Waals surface area contributed by atoms with Crippen molar-refractivity contribution in [2.24, 2.45) is 0 Å². The topological polar surface area (TPSA) is 75.3 Å². The summed E-state index contributed by atoms with van der Waals surface area (Å²) in [4.78, 5) is 34.5. The first kappa shape index (κ1) is 17.4. The second-order valence-corrected chi connectivity index (χ2v) is 5.50. The number of amides is 1. The van der Waals surface area contributed by atoms with E-state index in [1.165, 1.54) is 13.8 Å². The molecule has 0 atom stereocenters. The molecule has 1 amide bonds. The molecule has 0 spiro atoms. The molecular formula is C19H20N2O3. The molecule has 5 heteroatoms. The SMILES string of the molecule is CC(=O)c1ccc(NCCC(=O)Nc2cccc(C(C)=O)c2)cc1. The maximum absolute atomic E-state index is 11.9. The van der Waals surface area contributed by atoms with Gasteiger partial charge in [-0.05, 0) is 50.2 Å². The maximum Gasteiger partial charge on any atom is 0.226 e. The van der Waals surface area contributed by atoms with E-state index in [9.17, 15) is 14.4 Å². The number of hydrogen-bond acceptors (Lipinski definition) is 4. The summed E-state index contributed by atoms with van der Waals surface area (Å²) in [5.41, 5.74) is 2.69. The van der Waals surface area contributed by atoms with Gasteiger partial charge in [0.15, 0.2) is 11.6 Å². The summed E-state index contributed by atoms with van der Waals surface area (Å²) in [5, 5.41) is 5.90. The Morgan fingerprint density at radius 1 is 0.833 bits per heavy atom. The zero-order chi connectivity index (χ0) is 17.5. The third-order valence-corrected chi connectivity index (χ3v) is 3.53. The van der Waals surface area contributed by atoms with E-state index < -0.39 is 0 Å². The second-order valence-electron chi connectivity index (χ2n) is 5.50. The van der Waals surface area contributed by atoms with E-state index in [1.54, 1.807) is 36.4 Å². The third kappa shape index (κ3) is 5.05. The van der Waals surface area contributed by atoms with Crippen LogP contribution in [0.5, 0.6) is 0 Å². The lowest BCUT2D eigenvalue weighted by atomic mass is 10.1. The lowest BCUT2D eigenvalue weighted by Crippen LogP contribution is -2.16. The van der Waals surface area contributed by atoms with E-state index in [-0.39, 0.29) is 17.5 Å². The van der Waals surface area contributed by atoms with Crippen molar-refractivity contribution in [1.82, 2.24) is 0 Å². The normalized spacial score (nSPS) is 10.1. The van der Waals surface area contributed by atoms with Crippen LogP contribution in [0, 0.1) is 0 Å². The van der Waals surface area contributed by atoms with Crippen LogP contribution in [0.4, 0.5) is 11.4 Å². The minimum absolute atomic E-state index is 0.0220. The van der Waals surface area contributed by atoms with Gasteiger partial charge in [-0.2, -0.15) is 0 Å². The predicted octanol–water partition coefficient (Wildman–Crippen LogP) is 3.53. The largest absolute Gasteiger partial charge is 0.385 e. The van der Waals surface area contributed by atoms with Gasteiger partial charge in [0.05, 0.1) is 0 Å². The fourth-order valence-corrected chi connectivity index (χ4v) is 2.18. The molecular weight excluding hydrogens is 304 g/mol. The molecule has 0 aliphatic heterocycles. The summed E-state index contributed by atoms with van der Waals surface area (Å²) < 4.78 is 0. The summed E-state index contributed by atoms with van der Waals surface area (Å²) in [6, 6.07) is 14.0. The molecule has 0 bridgehead atoms. The van der Waals surface area contributed by atoms with Gasteiger partial charge in [-0.3, -0.25) is 14.4 Å². The summed E-state index contributed by atoms with van der Waals surface area (Å²) in [7, 11) is 0. The number of carbonyl (C=O) groups is 3. The monoisotopic (exact) mass is 324 g/mol. The molecule has 0 aliphatic rings. The number of benzene rings is 2. The van der Waals surface area contributed by atoms with Gasteiger partial charge in [-0.25, -0.2) is 0 Å². The van der Waals surface area contributed by atoms with Crippen molar-refractivity contribution in [3.63, 3.8) is 0 Å². The van der Waals surface area contributed by atoms with Crippen LogP contribution in [0.25, 0.3) is 0 Å². The van der Waals surface area contributed by atoms with Crippen molar-refractivity contribution >= 4 is 28.8 Å². The Balaban J connectivity index is 1.82. The van der Waals surface area contributed by atoms with Crippen molar-refractivity contribution in [2.75, 3.05) is 17.2 Å². The Morgan fingerprint density at radius 3 is 2.12 bits per heavy atom. The predicted molar refractivity (Wildman–Crippen MR) is 94.6 cm³/mol.